The van der Waals surface area contributed by atoms with Crippen molar-refractivity contribution in [3.8, 4) is 11.5 Å². The van der Waals surface area contributed by atoms with E-state index in [2.05, 4.69) is 30.9 Å². The van der Waals surface area contributed by atoms with Crippen molar-refractivity contribution in [2.24, 2.45) is 5.92 Å². The number of H-pyrrole nitrogens is 1. The summed E-state index contributed by atoms with van der Waals surface area (Å²) < 4.78 is 13.8. The minimum atomic E-state index is -0.715. The summed E-state index contributed by atoms with van der Waals surface area (Å²) in [6.07, 6.45) is 11.2. The molecule has 1 unspecified atom stereocenters. The highest BCUT2D eigenvalue weighted by Gasteiger charge is 2.49. The number of carbonyl (C=O) groups excluding carboxylic acids is 1. The second-order valence-corrected chi connectivity index (χ2v) is 13.5. The van der Waals surface area contributed by atoms with Crippen LogP contribution in [0.1, 0.15) is 114 Å². The first-order valence-electron chi connectivity index (χ1n) is 15.8. The number of hydrogen-bond acceptors (Lipinski definition) is 5. The van der Waals surface area contributed by atoms with Gasteiger partial charge < -0.3 is 24.3 Å². The summed E-state index contributed by atoms with van der Waals surface area (Å²) in [7, 11) is 4.35. The second kappa shape index (κ2) is 10.8. The SMILES string of the molecule is Cc1cc(C)c(CN2CCc3c(c(C)c4c(c3C3CCCCC3)OC(C)([C@H]3CC[C@H](N(C)C)CC3)O4)C2=O)c(=O)[nH]1. The monoisotopic (exact) mass is 561 g/mol. The number of benzene rings is 1. The molecule has 7 heteroatoms. The van der Waals surface area contributed by atoms with E-state index in [9.17, 15) is 9.59 Å². The van der Waals surface area contributed by atoms with Gasteiger partial charge in [-0.15, -0.1) is 0 Å². The maximum absolute atomic E-state index is 14.2. The number of carbonyl (C=O) groups is 1. The van der Waals surface area contributed by atoms with Crippen LogP contribution in [0.4, 0.5) is 0 Å². The van der Waals surface area contributed by atoms with Crippen molar-refractivity contribution in [3.05, 3.63) is 55.5 Å². The summed E-state index contributed by atoms with van der Waals surface area (Å²) in [6.45, 7) is 8.92. The topological polar surface area (TPSA) is 74.9 Å². The Morgan fingerprint density at radius 2 is 1.66 bits per heavy atom. The van der Waals surface area contributed by atoms with Crippen molar-refractivity contribution >= 4 is 5.91 Å². The normalized spacial score (nSPS) is 26.5. The molecular weight excluding hydrogens is 514 g/mol. The van der Waals surface area contributed by atoms with E-state index in [1.807, 2.05) is 31.7 Å². The third-order valence-corrected chi connectivity index (χ3v) is 10.6. The van der Waals surface area contributed by atoms with Gasteiger partial charge in [-0.2, -0.15) is 0 Å². The van der Waals surface area contributed by atoms with Crippen LogP contribution >= 0.6 is 0 Å². The number of pyridine rings is 1. The Labute approximate surface area is 244 Å². The molecule has 41 heavy (non-hydrogen) atoms. The van der Waals surface area contributed by atoms with Crippen LogP contribution in [-0.4, -0.2) is 53.2 Å². The Morgan fingerprint density at radius 1 is 0.976 bits per heavy atom. The van der Waals surface area contributed by atoms with E-state index >= 15 is 0 Å². The summed E-state index contributed by atoms with van der Waals surface area (Å²) >= 11 is 0. The van der Waals surface area contributed by atoms with Crippen LogP contribution in [0.3, 0.4) is 0 Å². The van der Waals surface area contributed by atoms with Crippen LogP contribution in [0.2, 0.25) is 0 Å². The molecule has 1 aromatic heterocycles. The van der Waals surface area contributed by atoms with E-state index in [0.717, 1.165) is 84.4 Å². The summed E-state index contributed by atoms with van der Waals surface area (Å²) in [5.41, 5.74) is 6.40. The molecule has 222 valence electrons. The smallest absolute Gasteiger partial charge is 0.254 e. The number of rotatable bonds is 5. The average Bonchev–Trinajstić information content (AvgIpc) is 3.31. The van der Waals surface area contributed by atoms with Crippen molar-refractivity contribution in [1.82, 2.24) is 14.8 Å². The molecule has 0 radical (unpaired) electrons. The third-order valence-electron chi connectivity index (χ3n) is 10.6. The summed E-state index contributed by atoms with van der Waals surface area (Å²) in [5, 5.41) is 0. The highest BCUT2D eigenvalue weighted by atomic mass is 16.7. The summed E-state index contributed by atoms with van der Waals surface area (Å²) in [6, 6.07) is 2.59. The molecule has 1 amide bonds. The minimum absolute atomic E-state index is 0.00618. The van der Waals surface area contributed by atoms with E-state index in [1.165, 1.54) is 24.8 Å². The Morgan fingerprint density at radius 3 is 2.32 bits per heavy atom. The van der Waals surface area contributed by atoms with Gasteiger partial charge in [0, 0.05) is 53.4 Å². The van der Waals surface area contributed by atoms with Gasteiger partial charge in [0.25, 0.3) is 17.3 Å². The molecule has 0 bridgehead atoms. The molecule has 1 aromatic carbocycles. The van der Waals surface area contributed by atoms with Crippen LogP contribution in [0.5, 0.6) is 11.5 Å². The number of aromatic nitrogens is 1. The highest BCUT2D eigenvalue weighted by Crippen LogP contribution is 2.55. The predicted molar refractivity (Wildman–Crippen MR) is 161 cm³/mol. The van der Waals surface area contributed by atoms with Crippen LogP contribution in [0.15, 0.2) is 10.9 Å². The zero-order valence-corrected chi connectivity index (χ0v) is 25.8. The van der Waals surface area contributed by atoms with Crippen LogP contribution in [-0.2, 0) is 13.0 Å². The third kappa shape index (κ3) is 4.98. The number of nitrogens with one attached hydrogen (secondary N) is 1. The average molecular weight is 562 g/mol. The van der Waals surface area contributed by atoms with Gasteiger partial charge in [-0.25, -0.2) is 0 Å². The highest BCUT2D eigenvalue weighted by molar-refractivity contribution is 6.00. The van der Waals surface area contributed by atoms with E-state index < -0.39 is 5.79 Å². The zero-order valence-electron chi connectivity index (χ0n) is 25.8. The first-order chi connectivity index (χ1) is 19.6. The zero-order chi connectivity index (χ0) is 29.1. The number of nitrogens with zero attached hydrogens (tertiary/aromatic N) is 2. The van der Waals surface area contributed by atoms with Gasteiger partial charge in [-0.05, 0) is 103 Å². The molecule has 2 aromatic rings. The lowest BCUT2D eigenvalue weighted by atomic mass is 9.77. The lowest BCUT2D eigenvalue weighted by molar-refractivity contribution is -0.123. The Hall–Kier alpha value is -2.80. The fourth-order valence-electron chi connectivity index (χ4n) is 8.14. The van der Waals surface area contributed by atoms with Gasteiger partial charge in [0.05, 0.1) is 6.54 Å². The van der Waals surface area contributed by atoms with Gasteiger partial charge in [0.2, 0.25) is 0 Å². The molecule has 2 fully saturated rings. The molecule has 2 aliphatic heterocycles. The maximum Gasteiger partial charge on any atom is 0.254 e. The lowest BCUT2D eigenvalue weighted by Crippen LogP contribution is -2.46. The van der Waals surface area contributed by atoms with Gasteiger partial charge in [-0.1, -0.05) is 19.3 Å². The Balaban J connectivity index is 1.37. The molecule has 4 aliphatic rings. The molecule has 3 heterocycles. The largest absolute Gasteiger partial charge is 0.448 e. The molecule has 1 N–H and O–H groups in total. The Bertz CT molecular complexity index is 1400. The molecule has 7 nitrogen and oxygen atoms in total. The molecule has 1 atom stereocenters. The molecule has 0 saturated heterocycles. The van der Waals surface area contributed by atoms with Crippen molar-refractivity contribution in [2.45, 2.75) is 116 Å². The predicted octanol–water partition coefficient (Wildman–Crippen LogP) is 6.15. The molecule has 2 aliphatic carbocycles. The van der Waals surface area contributed by atoms with Crippen molar-refractivity contribution in [3.63, 3.8) is 0 Å². The number of ether oxygens (including phenoxy) is 2. The van der Waals surface area contributed by atoms with Gasteiger partial charge in [0.1, 0.15) is 0 Å². The lowest BCUT2D eigenvalue weighted by Gasteiger charge is -2.39. The van der Waals surface area contributed by atoms with Crippen molar-refractivity contribution in [2.75, 3.05) is 20.6 Å². The van der Waals surface area contributed by atoms with Crippen molar-refractivity contribution < 1.29 is 14.3 Å². The van der Waals surface area contributed by atoms with Crippen LogP contribution in [0, 0.1) is 26.7 Å². The Kier molecular flexibility index (Phi) is 7.46. The van der Waals surface area contributed by atoms with E-state index in [4.69, 9.17) is 9.47 Å². The molecule has 2 saturated carbocycles. The minimum Gasteiger partial charge on any atom is -0.448 e. The van der Waals surface area contributed by atoms with Crippen molar-refractivity contribution in [1.29, 1.82) is 0 Å². The van der Waals surface area contributed by atoms with E-state index in [0.29, 0.717) is 36.5 Å². The van der Waals surface area contributed by atoms with E-state index in [1.54, 1.807) is 0 Å². The fourth-order valence-corrected chi connectivity index (χ4v) is 8.14. The van der Waals surface area contributed by atoms with E-state index in [-0.39, 0.29) is 11.5 Å². The first kappa shape index (κ1) is 28.3. The quantitative estimate of drug-likeness (QED) is 0.474. The first-order valence-corrected chi connectivity index (χ1v) is 15.8. The van der Waals surface area contributed by atoms with Crippen LogP contribution < -0.4 is 15.0 Å². The summed E-state index contributed by atoms with van der Waals surface area (Å²) in [5.74, 6) is 1.69. The summed E-state index contributed by atoms with van der Waals surface area (Å²) in [4.78, 5) is 34.2. The molecular formula is C34H47N3O4. The van der Waals surface area contributed by atoms with Crippen LogP contribution in [0.25, 0.3) is 0 Å². The number of fused-ring (bicyclic) bond motifs is 2. The molecule has 6 rings (SSSR count). The van der Waals surface area contributed by atoms with Gasteiger partial charge >= 0.3 is 0 Å². The fraction of sp³-hybridized carbons (Fsp3) is 0.647. The molecule has 0 spiro atoms. The second-order valence-electron chi connectivity index (χ2n) is 13.5. The van der Waals surface area contributed by atoms with Gasteiger partial charge in [-0.3, -0.25) is 9.59 Å². The van der Waals surface area contributed by atoms with Gasteiger partial charge in [0.15, 0.2) is 11.5 Å². The number of hydrogen-bond donors (Lipinski definition) is 1. The standard InChI is InChI=1S/C34H47N3O4/c1-20-18-21(2)35-32(38)27(20)19-37-17-16-26-28(33(37)39)22(3)30-31(29(26)23-10-8-7-9-11-23)41-34(4,40-30)24-12-14-25(15-13-24)36(5)6/h18,23-25H,7-17,19H2,1-6H3,(H,35,38)/t24-,25-,34?. The number of aryl methyl sites for hydroxylation is 2. The maximum atomic E-state index is 14.2. The number of amides is 1. The number of aromatic amines is 1.